The van der Waals surface area contributed by atoms with Gasteiger partial charge in [0.25, 0.3) is 0 Å². The van der Waals surface area contributed by atoms with Gasteiger partial charge in [0.1, 0.15) is 5.76 Å². The molecule has 2 rings (SSSR count). The number of aryl methyl sites for hydroxylation is 1. The summed E-state index contributed by atoms with van der Waals surface area (Å²) in [5.41, 5.74) is -0.484. The standard InChI is InChI=1S/C15H14O2/c1-2-15(16,13-7-4-3-5-8-13)11-10-14-9-6-12-17-14/h1,3-9,12,16H,10-11H2. The van der Waals surface area contributed by atoms with E-state index in [1.807, 2.05) is 42.5 Å². The number of furan rings is 1. The Morgan fingerprint density at radius 2 is 1.94 bits per heavy atom. The van der Waals surface area contributed by atoms with Gasteiger partial charge in [0.05, 0.1) is 6.26 Å². The van der Waals surface area contributed by atoms with Crippen molar-refractivity contribution in [3.05, 3.63) is 60.1 Å². The molecule has 2 nitrogen and oxygen atoms in total. The molecular weight excluding hydrogens is 212 g/mol. The fourth-order valence-corrected chi connectivity index (χ4v) is 1.77. The summed E-state index contributed by atoms with van der Waals surface area (Å²) in [6.07, 6.45) is 8.12. The predicted molar refractivity (Wildman–Crippen MR) is 66.2 cm³/mol. The van der Waals surface area contributed by atoms with Gasteiger partial charge >= 0.3 is 0 Å². The number of aliphatic hydroxyl groups is 1. The Bertz CT molecular complexity index is 493. The Hall–Kier alpha value is -1.98. The number of hydrogen-bond acceptors (Lipinski definition) is 2. The van der Waals surface area contributed by atoms with Gasteiger partial charge in [-0.1, -0.05) is 36.3 Å². The zero-order valence-corrected chi connectivity index (χ0v) is 9.47. The molecule has 0 aliphatic carbocycles. The van der Waals surface area contributed by atoms with Crippen LogP contribution in [0.2, 0.25) is 0 Å². The maximum Gasteiger partial charge on any atom is 0.151 e. The lowest BCUT2D eigenvalue weighted by atomic mass is 9.89. The molecule has 2 aromatic rings. The number of hydrogen-bond donors (Lipinski definition) is 1. The van der Waals surface area contributed by atoms with Gasteiger partial charge in [-0.3, -0.25) is 0 Å². The second-order valence-corrected chi connectivity index (χ2v) is 3.95. The van der Waals surface area contributed by atoms with Crippen molar-refractivity contribution in [2.45, 2.75) is 18.4 Å². The van der Waals surface area contributed by atoms with E-state index in [9.17, 15) is 5.11 Å². The topological polar surface area (TPSA) is 33.4 Å². The van der Waals surface area contributed by atoms with E-state index in [4.69, 9.17) is 10.8 Å². The third-order valence-corrected chi connectivity index (χ3v) is 2.80. The third kappa shape index (κ3) is 2.58. The molecule has 0 radical (unpaired) electrons. The monoisotopic (exact) mass is 226 g/mol. The number of benzene rings is 1. The lowest BCUT2D eigenvalue weighted by molar-refractivity contribution is 0.0890. The summed E-state index contributed by atoms with van der Waals surface area (Å²) in [6.45, 7) is 0. The summed E-state index contributed by atoms with van der Waals surface area (Å²) < 4.78 is 5.23. The van der Waals surface area contributed by atoms with E-state index in [-0.39, 0.29) is 0 Å². The van der Waals surface area contributed by atoms with Crippen molar-refractivity contribution < 1.29 is 9.52 Å². The van der Waals surface area contributed by atoms with Crippen LogP contribution in [0.1, 0.15) is 17.7 Å². The van der Waals surface area contributed by atoms with Gasteiger partial charge in [0.15, 0.2) is 5.60 Å². The summed E-state index contributed by atoms with van der Waals surface area (Å²) in [5, 5.41) is 10.4. The smallest absolute Gasteiger partial charge is 0.151 e. The van der Waals surface area contributed by atoms with Crippen LogP contribution in [0.4, 0.5) is 0 Å². The van der Waals surface area contributed by atoms with Crippen LogP contribution in [-0.4, -0.2) is 5.11 Å². The van der Waals surface area contributed by atoms with Crippen LogP contribution < -0.4 is 0 Å². The molecule has 0 fully saturated rings. The van der Waals surface area contributed by atoms with E-state index in [1.54, 1.807) is 6.26 Å². The summed E-state index contributed by atoms with van der Waals surface area (Å²) in [4.78, 5) is 0. The minimum absolute atomic E-state index is 0.445. The van der Waals surface area contributed by atoms with Crippen LogP contribution in [0, 0.1) is 12.3 Å². The Labute approximate surface area is 101 Å². The Balaban J connectivity index is 2.13. The molecular formula is C15H14O2. The van der Waals surface area contributed by atoms with Crippen molar-refractivity contribution in [3.63, 3.8) is 0 Å². The molecule has 0 spiro atoms. The Kier molecular flexibility index (Phi) is 3.32. The van der Waals surface area contributed by atoms with Gasteiger partial charge in [0, 0.05) is 6.42 Å². The zero-order valence-electron chi connectivity index (χ0n) is 9.47. The van der Waals surface area contributed by atoms with Gasteiger partial charge in [0.2, 0.25) is 0 Å². The molecule has 0 saturated carbocycles. The average Bonchev–Trinajstić information content (AvgIpc) is 2.90. The first kappa shape index (κ1) is 11.5. The zero-order chi connectivity index (χ0) is 12.1. The molecule has 1 N–H and O–H groups in total. The van der Waals surface area contributed by atoms with Crippen LogP contribution in [0.25, 0.3) is 0 Å². The largest absolute Gasteiger partial charge is 0.469 e. The van der Waals surface area contributed by atoms with Crippen LogP contribution in [0.3, 0.4) is 0 Å². The Morgan fingerprint density at radius 1 is 1.18 bits per heavy atom. The van der Waals surface area contributed by atoms with E-state index in [0.29, 0.717) is 12.8 Å². The summed E-state index contributed by atoms with van der Waals surface area (Å²) in [6, 6.07) is 13.0. The van der Waals surface area contributed by atoms with Crippen molar-refractivity contribution in [2.75, 3.05) is 0 Å². The highest BCUT2D eigenvalue weighted by Gasteiger charge is 2.26. The fraction of sp³-hybridized carbons (Fsp3) is 0.200. The van der Waals surface area contributed by atoms with Crippen molar-refractivity contribution >= 4 is 0 Å². The predicted octanol–water partition coefficient (Wildman–Crippen LogP) is 2.73. The minimum atomic E-state index is -1.23. The quantitative estimate of drug-likeness (QED) is 0.813. The fourth-order valence-electron chi connectivity index (χ4n) is 1.77. The first-order chi connectivity index (χ1) is 8.24. The van der Waals surface area contributed by atoms with Crippen molar-refractivity contribution in [3.8, 4) is 12.3 Å². The van der Waals surface area contributed by atoms with Crippen molar-refractivity contribution in [1.82, 2.24) is 0 Å². The molecule has 1 aromatic heterocycles. The molecule has 2 heteroatoms. The van der Waals surface area contributed by atoms with Gasteiger partial charge < -0.3 is 9.52 Å². The molecule has 0 aliphatic heterocycles. The average molecular weight is 226 g/mol. The lowest BCUT2D eigenvalue weighted by Crippen LogP contribution is -2.24. The summed E-state index contributed by atoms with van der Waals surface area (Å²) in [7, 11) is 0. The molecule has 1 unspecified atom stereocenters. The molecule has 1 aromatic carbocycles. The van der Waals surface area contributed by atoms with Gasteiger partial charge in [-0.2, -0.15) is 0 Å². The SMILES string of the molecule is C#CC(O)(CCc1ccco1)c1ccccc1. The van der Waals surface area contributed by atoms with E-state index >= 15 is 0 Å². The molecule has 0 aliphatic rings. The third-order valence-electron chi connectivity index (χ3n) is 2.80. The normalized spacial score (nSPS) is 13.9. The van der Waals surface area contributed by atoms with E-state index in [2.05, 4.69) is 5.92 Å². The highest BCUT2D eigenvalue weighted by molar-refractivity contribution is 5.30. The van der Waals surface area contributed by atoms with Crippen LogP contribution in [-0.2, 0) is 12.0 Å². The van der Waals surface area contributed by atoms with E-state index in [1.165, 1.54) is 0 Å². The highest BCUT2D eigenvalue weighted by Crippen LogP contribution is 2.25. The molecule has 0 amide bonds. The number of rotatable bonds is 4. The molecule has 0 bridgehead atoms. The Morgan fingerprint density at radius 3 is 2.53 bits per heavy atom. The molecule has 0 saturated heterocycles. The molecule has 1 atom stereocenters. The molecule has 1 heterocycles. The van der Waals surface area contributed by atoms with Crippen molar-refractivity contribution in [2.24, 2.45) is 0 Å². The summed E-state index contributed by atoms with van der Waals surface area (Å²) >= 11 is 0. The maximum absolute atomic E-state index is 10.4. The van der Waals surface area contributed by atoms with Crippen LogP contribution >= 0.6 is 0 Å². The first-order valence-electron chi connectivity index (χ1n) is 5.53. The van der Waals surface area contributed by atoms with E-state index < -0.39 is 5.60 Å². The second kappa shape index (κ2) is 4.90. The number of terminal acetylenes is 1. The van der Waals surface area contributed by atoms with Gasteiger partial charge in [-0.05, 0) is 24.1 Å². The second-order valence-electron chi connectivity index (χ2n) is 3.95. The van der Waals surface area contributed by atoms with Crippen molar-refractivity contribution in [1.29, 1.82) is 0 Å². The van der Waals surface area contributed by atoms with Crippen LogP contribution in [0.15, 0.2) is 53.1 Å². The van der Waals surface area contributed by atoms with Crippen LogP contribution in [0.5, 0.6) is 0 Å². The maximum atomic E-state index is 10.4. The molecule has 86 valence electrons. The van der Waals surface area contributed by atoms with E-state index in [0.717, 1.165) is 11.3 Å². The van der Waals surface area contributed by atoms with Gasteiger partial charge in [-0.25, -0.2) is 0 Å². The highest BCUT2D eigenvalue weighted by atomic mass is 16.3. The lowest BCUT2D eigenvalue weighted by Gasteiger charge is -2.22. The minimum Gasteiger partial charge on any atom is -0.469 e. The summed E-state index contributed by atoms with van der Waals surface area (Å²) in [5.74, 6) is 3.30. The first-order valence-corrected chi connectivity index (χ1v) is 5.53. The van der Waals surface area contributed by atoms with Gasteiger partial charge in [-0.15, -0.1) is 6.42 Å². The molecule has 17 heavy (non-hydrogen) atoms.